The number of aryl methyl sites for hydroxylation is 1. The van der Waals surface area contributed by atoms with E-state index >= 15 is 0 Å². The van der Waals surface area contributed by atoms with E-state index in [2.05, 4.69) is 5.10 Å². The fraction of sp³-hybridized carbons (Fsp3) is 0.261. The lowest BCUT2D eigenvalue weighted by Gasteiger charge is -2.34. The van der Waals surface area contributed by atoms with Crippen LogP contribution in [0.4, 0.5) is 0 Å². The number of carbonyl (C=O) groups excluding carboxylic acids is 2. The van der Waals surface area contributed by atoms with Crippen molar-refractivity contribution in [3.05, 3.63) is 82.1 Å². The Bertz CT molecular complexity index is 1080. The summed E-state index contributed by atoms with van der Waals surface area (Å²) in [5.41, 5.74) is 4.07. The fourth-order valence-electron chi connectivity index (χ4n) is 3.72. The lowest BCUT2D eigenvalue weighted by atomic mass is 10.1. The van der Waals surface area contributed by atoms with E-state index in [-0.39, 0.29) is 11.8 Å². The maximum atomic E-state index is 13.1. The molecule has 0 unspecified atom stereocenters. The summed E-state index contributed by atoms with van der Waals surface area (Å²) >= 11 is 5.90. The van der Waals surface area contributed by atoms with E-state index < -0.39 is 0 Å². The number of para-hydroxylation sites is 1. The first-order chi connectivity index (χ1) is 14.5. The summed E-state index contributed by atoms with van der Waals surface area (Å²) in [6.45, 7) is 5.92. The van der Waals surface area contributed by atoms with Gasteiger partial charge in [-0.25, -0.2) is 4.68 Å². The van der Waals surface area contributed by atoms with E-state index in [4.69, 9.17) is 11.6 Å². The van der Waals surface area contributed by atoms with Crippen LogP contribution in [0.5, 0.6) is 0 Å². The van der Waals surface area contributed by atoms with Crippen molar-refractivity contribution in [2.45, 2.75) is 13.8 Å². The van der Waals surface area contributed by atoms with Gasteiger partial charge in [-0.1, -0.05) is 29.8 Å². The van der Waals surface area contributed by atoms with Crippen LogP contribution in [0, 0.1) is 13.8 Å². The smallest absolute Gasteiger partial charge is 0.257 e. The number of hydrogen-bond donors (Lipinski definition) is 0. The summed E-state index contributed by atoms with van der Waals surface area (Å²) in [7, 11) is 0. The van der Waals surface area contributed by atoms with Gasteiger partial charge in [-0.05, 0) is 49.7 Å². The van der Waals surface area contributed by atoms with Gasteiger partial charge in [0.15, 0.2) is 0 Å². The predicted octanol–water partition coefficient (Wildman–Crippen LogP) is 3.74. The van der Waals surface area contributed by atoms with Gasteiger partial charge in [0, 0.05) is 36.8 Å². The second-order valence-electron chi connectivity index (χ2n) is 7.43. The van der Waals surface area contributed by atoms with E-state index in [9.17, 15) is 9.59 Å². The van der Waals surface area contributed by atoms with Gasteiger partial charge in [-0.2, -0.15) is 5.10 Å². The van der Waals surface area contributed by atoms with Gasteiger partial charge in [0.1, 0.15) is 0 Å². The Morgan fingerprint density at radius 1 is 0.867 bits per heavy atom. The van der Waals surface area contributed by atoms with Crippen LogP contribution in [0.2, 0.25) is 5.02 Å². The van der Waals surface area contributed by atoms with Crippen LogP contribution in [0.15, 0.2) is 54.7 Å². The average molecular weight is 423 g/mol. The molecule has 1 fully saturated rings. The minimum atomic E-state index is -0.0501. The average Bonchev–Trinajstić information content (AvgIpc) is 3.15. The molecule has 0 saturated carbocycles. The fourth-order valence-corrected chi connectivity index (χ4v) is 3.85. The van der Waals surface area contributed by atoms with Gasteiger partial charge >= 0.3 is 0 Å². The molecule has 1 aromatic heterocycles. The van der Waals surface area contributed by atoms with Crippen LogP contribution in [0.1, 0.15) is 32.0 Å². The van der Waals surface area contributed by atoms with Crippen molar-refractivity contribution >= 4 is 23.4 Å². The number of aromatic nitrogens is 2. The first-order valence-corrected chi connectivity index (χ1v) is 10.3. The molecule has 0 spiro atoms. The van der Waals surface area contributed by atoms with Gasteiger partial charge < -0.3 is 9.80 Å². The molecule has 0 atom stereocenters. The monoisotopic (exact) mass is 422 g/mol. The van der Waals surface area contributed by atoms with Crippen LogP contribution in [0.3, 0.4) is 0 Å². The number of carbonyl (C=O) groups is 2. The molecule has 4 rings (SSSR count). The maximum Gasteiger partial charge on any atom is 0.257 e. The maximum absolute atomic E-state index is 13.1. The van der Waals surface area contributed by atoms with E-state index in [0.29, 0.717) is 42.3 Å². The predicted molar refractivity (Wildman–Crippen MR) is 116 cm³/mol. The van der Waals surface area contributed by atoms with Crippen LogP contribution in [-0.2, 0) is 0 Å². The van der Waals surface area contributed by atoms with Crippen molar-refractivity contribution in [1.29, 1.82) is 0 Å². The molecule has 0 bridgehead atoms. The molecular formula is C23H23ClN4O2. The Labute approximate surface area is 180 Å². The topological polar surface area (TPSA) is 58.4 Å². The molecule has 0 radical (unpaired) electrons. The van der Waals surface area contributed by atoms with Gasteiger partial charge in [0.25, 0.3) is 11.8 Å². The molecule has 30 heavy (non-hydrogen) atoms. The van der Waals surface area contributed by atoms with Crippen molar-refractivity contribution in [1.82, 2.24) is 19.6 Å². The Hall–Kier alpha value is -3.12. The van der Waals surface area contributed by atoms with Crippen molar-refractivity contribution in [2.75, 3.05) is 26.2 Å². The largest absolute Gasteiger partial charge is 0.335 e. The third-order valence-electron chi connectivity index (χ3n) is 5.53. The normalized spacial score (nSPS) is 14.1. The molecule has 0 N–H and O–H groups in total. The second kappa shape index (κ2) is 8.32. The Kier molecular flexibility index (Phi) is 5.59. The second-order valence-corrected chi connectivity index (χ2v) is 7.87. The SMILES string of the molecule is Cc1ccccc1-n1ncc(C(=O)N2CCN(C(=O)c3ccc(Cl)cc3)CC2)c1C. The summed E-state index contributed by atoms with van der Waals surface area (Å²) in [4.78, 5) is 29.3. The van der Waals surface area contributed by atoms with Crippen molar-refractivity contribution in [3.8, 4) is 5.69 Å². The van der Waals surface area contributed by atoms with Crippen molar-refractivity contribution in [3.63, 3.8) is 0 Å². The first kappa shape index (κ1) is 20.2. The summed E-state index contributed by atoms with van der Waals surface area (Å²) in [6, 6.07) is 14.8. The highest BCUT2D eigenvalue weighted by Gasteiger charge is 2.27. The molecular weight excluding hydrogens is 400 g/mol. The van der Waals surface area contributed by atoms with Gasteiger partial charge in [-0.3, -0.25) is 9.59 Å². The third-order valence-corrected chi connectivity index (χ3v) is 5.78. The van der Waals surface area contributed by atoms with Crippen molar-refractivity contribution in [2.24, 2.45) is 0 Å². The number of amides is 2. The third kappa shape index (κ3) is 3.83. The van der Waals surface area contributed by atoms with E-state index in [0.717, 1.165) is 16.9 Å². The minimum Gasteiger partial charge on any atom is -0.335 e. The summed E-state index contributed by atoms with van der Waals surface area (Å²) in [5.74, 6) is -0.0896. The molecule has 1 aliphatic rings. The molecule has 1 aliphatic heterocycles. The van der Waals surface area contributed by atoms with E-state index in [1.165, 1.54) is 0 Å². The highest BCUT2D eigenvalue weighted by molar-refractivity contribution is 6.30. The minimum absolute atomic E-state index is 0.0395. The van der Waals surface area contributed by atoms with E-state index in [1.807, 2.05) is 42.8 Å². The Morgan fingerprint density at radius 3 is 2.10 bits per heavy atom. The number of hydrogen-bond acceptors (Lipinski definition) is 3. The Balaban J connectivity index is 1.44. The summed E-state index contributed by atoms with van der Waals surface area (Å²) in [5, 5.41) is 5.05. The van der Waals surface area contributed by atoms with E-state index in [1.54, 1.807) is 40.3 Å². The quantitative estimate of drug-likeness (QED) is 0.646. The molecule has 3 aromatic rings. The Morgan fingerprint density at radius 2 is 1.47 bits per heavy atom. The van der Waals surface area contributed by atoms with Crippen LogP contribution >= 0.6 is 11.6 Å². The molecule has 2 aromatic carbocycles. The number of nitrogens with zero attached hydrogens (tertiary/aromatic N) is 4. The highest BCUT2D eigenvalue weighted by atomic mass is 35.5. The number of halogens is 1. The van der Waals surface area contributed by atoms with Gasteiger partial charge in [0.05, 0.1) is 23.1 Å². The summed E-state index contributed by atoms with van der Waals surface area (Å²) in [6.07, 6.45) is 1.63. The zero-order chi connectivity index (χ0) is 21.3. The molecule has 7 heteroatoms. The molecule has 2 heterocycles. The molecule has 0 aliphatic carbocycles. The highest BCUT2D eigenvalue weighted by Crippen LogP contribution is 2.20. The number of rotatable bonds is 3. The molecule has 154 valence electrons. The standard InChI is InChI=1S/C23H23ClN4O2/c1-16-5-3-4-6-21(16)28-17(2)20(15-25-28)23(30)27-13-11-26(12-14-27)22(29)18-7-9-19(24)10-8-18/h3-10,15H,11-14H2,1-2H3. The zero-order valence-electron chi connectivity index (χ0n) is 17.0. The van der Waals surface area contributed by atoms with Gasteiger partial charge in [0.2, 0.25) is 0 Å². The van der Waals surface area contributed by atoms with Crippen LogP contribution in [0.25, 0.3) is 5.69 Å². The summed E-state index contributed by atoms with van der Waals surface area (Å²) < 4.78 is 1.81. The van der Waals surface area contributed by atoms with Crippen LogP contribution in [-0.4, -0.2) is 57.6 Å². The molecule has 2 amide bonds. The van der Waals surface area contributed by atoms with Gasteiger partial charge in [-0.15, -0.1) is 0 Å². The number of piperazine rings is 1. The van der Waals surface area contributed by atoms with Crippen molar-refractivity contribution < 1.29 is 9.59 Å². The van der Waals surface area contributed by atoms with Crippen LogP contribution < -0.4 is 0 Å². The number of benzene rings is 2. The molecule has 1 saturated heterocycles. The first-order valence-electron chi connectivity index (χ1n) is 9.90. The zero-order valence-corrected chi connectivity index (χ0v) is 17.8. The lowest BCUT2D eigenvalue weighted by molar-refractivity contribution is 0.0535. The lowest BCUT2D eigenvalue weighted by Crippen LogP contribution is -2.50. The molecule has 6 nitrogen and oxygen atoms in total.